The fourth-order valence-electron chi connectivity index (χ4n) is 1.97. The van der Waals surface area contributed by atoms with E-state index < -0.39 is 11.7 Å². The second kappa shape index (κ2) is 3.95. The summed E-state index contributed by atoms with van der Waals surface area (Å²) in [5.41, 5.74) is -0.925. The maximum absolute atomic E-state index is 9.70. The van der Waals surface area contributed by atoms with Crippen LogP contribution in [0.5, 0.6) is 0 Å². The van der Waals surface area contributed by atoms with Crippen molar-refractivity contribution in [3.63, 3.8) is 0 Å². The second-order valence-corrected chi connectivity index (χ2v) is 4.57. The molecule has 1 aliphatic carbocycles. The molecular weight excluding hydrogens is 168 g/mol. The molecular formula is C10H20O3. The van der Waals surface area contributed by atoms with Gasteiger partial charge < -0.3 is 15.3 Å². The van der Waals surface area contributed by atoms with Gasteiger partial charge in [0.1, 0.15) is 0 Å². The van der Waals surface area contributed by atoms with Gasteiger partial charge >= 0.3 is 0 Å². The zero-order valence-electron chi connectivity index (χ0n) is 8.40. The number of aliphatic hydroxyl groups is 3. The number of rotatable bonds is 2. The van der Waals surface area contributed by atoms with Crippen LogP contribution in [0.3, 0.4) is 0 Å². The molecule has 4 atom stereocenters. The highest BCUT2D eigenvalue weighted by molar-refractivity contribution is 4.90. The average Bonchev–Trinajstić information content (AvgIpc) is 2.08. The first kappa shape index (κ1) is 11.0. The first-order valence-electron chi connectivity index (χ1n) is 4.98. The van der Waals surface area contributed by atoms with Crippen molar-refractivity contribution in [2.75, 3.05) is 6.61 Å². The highest BCUT2D eigenvalue weighted by atomic mass is 16.3. The van der Waals surface area contributed by atoms with Crippen LogP contribution < -0.4 is 0 Å². The van der Waals surface area contributed by atoms with E-state index in [1.54, 1.807) is 6.92 Å². The largest absolute Gasteiger partial charge is 0.396 e. The van der Waals surface area contributed by atoms with E-state index in [1.807, 2.05) is 6.92 Å². The number of hydrogen-bond acceptors (Lipinski definition) is 3. The summed E-state index contributed by atoms with van der Waals surface area (Å²) in [6.45, 7) is 3.83. The molecule has 0 saturated heterocycles. The summed E-state index contributed by atoms with van der Waals surface area (Å²) >= 11 is 0. The molecule has 1 rings (SSSR count). The van der Waals surface area contributed by atoms with Gasteiger partial charge in [0.15, 0.2) is 0 Å². The van der Waals surface area contributed by atoms with Crippen molar-refractivity contribution in [1.29, 1.82) is 0 Å². The van der Waals surface area contributed by atoms with Crippen LogP contribution in [0.2, 0.25) is 0 Å². The van der Waals surface area contributed by atoms with E-state index in [-0.39, 0.29) is 12.5 Å². The van der Waals surface area contributed by atoms with E-state index >= 15 is 0 Å². The van der Waals surface area contributed by atoms with Gasteiger partial charge in [-0.1, -0.05) is 6.92 Å². The topological polar surface area (TPSA) is 60.7 Å². The smallest absolute Gasteiger partial charge is 0.0877 e. The molecule has 3 nitrogen and oxygen atoms in total. The Hall–Kier alpha value is -0.120. The molecule has 0 aliphatic heterocycles. The Kier molecular flexibility index (Phi) is 3.33. The Morgan fingerprint density at radius 3 is 2.62 bits per heavy atom. The Morgan fingerprint density at radius 1 is 1.54 bits per heavy atom. The molecule has 3 heteroatoms. The Bertz CT molecular complexity index is 168. The van der Waals surface area contributed by atoms with E-state index in [2.05, 4.69) is 0 Å². The van der Waals surface area contributed by atoms with Crippen LogP contribution in [-0.2, 0) is 0 Å². The van der Waals surface area contributed by atoms with Gasteiger partial charge in [-0.25, -0.2) is 0 Å². The minimum atomic E-state index is -0.925. The number of aliphatic hydroxyl groups excluding tert-OH is 2. The minimum absolute atomic E-state index is 0.166. The highest BCUT2D eigenvalue weighted by Gasteiger charge is 2.38. The average molecular weight is 188 g/mol. The molecule has 78 valence electrons. The highest BCUT2D eigenvalue weighted by Crippen LogP contribution is 2.35. The third-order valence-corrected chi connectivity index (χ3v) is 3.36. The maximum atomic E-state index is 9.70. The van der Waals surface area contributed by atoms with E-state index in [1.165, 1.54) is 0 Å². The first-order valence-corrected chi connectivity index (χ1v) is 4.98. The van der Waals surface area contributed by atoms with Crippen LogP contribution in [0.25, 0.3) is 0 Å². The summed E-state index contributed by atoms with van der Waals surface area (Å²) in [5, 5.41) is 28.3. The van der Waals surface area contributed by atoms with Crippen LogP contribution in [0.4, 0.5) is 0 Å². The van der Waals surface area contributed by atoms with E-state index in [0.29, 0.717) is 18.8 Å². The molecule has 3 N–H and O–H groups in total. The lowest BCUT2D eigenvalue weighted by atomic mass is 9.73. The summed E-state index contributed by atoms with van der Waals surface area (Å²) < 4.78 is 0. The van der Waals surface area contributed by atoms with Crippen LogP contribution in [0.15, 0.2) is 0 Å². The van der Waals surface area contributed by atoms with Gasteiger partial charge in [0.2, 0.25) is 0 Å². The van der Waals surface area contributed by atoms with Gasteiger partial charge in [0, 0.05) is 6.61 Å². The lowest BCUT2D eigenvalue weighted by Gasteiger charge is -2.39. The molecule has 0 spiro atoms. The van der Waals surface area contributed by atoms with Crippen LogP contribution in [0.1, 0.15) is 33.1 Å². The zero-order valence-corrected chi connectivity index (χ0v) is 8.40. The Labute approximate surface area is 79.4 Å². The van der Waals surface area contributed by atoms with Crippen LogP contribution >= 0.6 is 0 Å². The van der Waals surface area contributed by atoms with Crippen molar-refractivity contribution in [1.82, 2.24) is 0 Å². The molecule has 0 aromatic carbocycles. The van der Waals surface area contributed by atoms with Gasteiger partial charge in [-0.15, -0.1) is 0 Å². The molecule has 0 bridgehead atoms. The SMILES string of the molecule is C[C@H](CO)[C@@H]1CC[C@](C)(O)[C@@H](O)C1. The molecule has 0 aromatic heterocycles. The molecule has 0 radical (unpaired) electrons. The summed E-state index contributed by atoms with van der Waals surface area (Å²) in [5.74, 6) is 0.575. The van der Waals surface area contributed by atoms with Gasteiger partial charge in [-0.2, -0.15) is 0 Å². The third-order valence-electron chi connectivity index (χ3n) is 3.36. The molecule has 1 aliphatic rings. The predicted octanol–water partition coefficient (Wildman–Crippen LogP) is 0.527. The van der Waals surface area contributed by atoms with Crippen molar-refractivity contribution in [2.45, 2.75) is 44.8 Å². The van der Waals surface area contributed by atoms with Gasteiger partial charge in [-0.05, 0) is 38.0 Å². The first-order chi connectivity index (χ1) is 5.97. The lowest BCUT2D eigenvalue weighted by molar-refractivity contribution is -0.106. The van der Waals surface area contributed by atoms with Crippen LogP contribution in [0, 0.1) is 11.8 Å². The molecule has 1 saturated carbocycles. The van der Waals surface area contributed by atoms with E-state index in [9.17, 15) is 10.2 Å². The van der Waals surface area contributed by atoms with Crippen molar-refractivity contribution < 1.29 is 15.3 Å². The fraction of sp³-hybridized carbons (Fsp3) is 1.00. The Morgan fingerprint density at radius 2 is 2.15 bits per heavy atom. The molecule has 13 heavy (non-hydrogen) atoms. The van der Waals surface area contributed by atoms with Gasteiger partial charge in [0.05, 0.1) is 11.7 Å². The van der Waals surface area contributed by atoms with Crippen molar-refractivity contribution >= 4 is 0 Å². The minimum Gasteiger partial charge on any atom is -0.396 e. The van der Waals surface area contributed by atoms with Gasteiger partial charge in [-0.3, -0.25) is 0 Å². The van der Waals surface area contributed by atoms with Crippen molar-refractivity contribution in [2.24, 2.45) is 11.8 Å². The molecule has 0 unspecified atom stereocenters. The molecule has 0 aromatic rings. The lowest BCUT2D eigenvalue weighted by Crippen LogP contribution is -2.45. The second-order valence-electron chi connectivity index (χ2n) is 4.57. The van der Waals surface area contributed by atoms with Crippen molar-refractivity contribution in [3.05, 3.63) is 0 Å². The summed E-state index contributed by atoms with van der Waals surface area (Å²) in [6, 6.07) is 0. The summed E-state index contributed by atoms with van der Waals surface area (Å²) in [7, 11) is 0. The van der Waals surface area contributed by atoms with Crippen molar-refractivity contribution in [3.8, 4) is 0 Å². The predicted molar refractivity (Wildman–Crippen MR) is 50.2 cm³/mol. The third kappa shape index (κ3) is 2.42. The Balaban J connectivity index is 2.51. The van der Waals surface area contributed by atoms with E-state index in [4.69, 9.17) is 5.11 Å². The van der Waals surface area contributed by atoms with E-state index in [0.717, 1.165) is 6.42 Å². The van der Waals surface area contributed by atoms with Crippen LogP contribution in [-0.4, -0.2) is 33.6 Å². The molecule has 1 fully saturated rings. The molecule has 0 heterocycles. The maximum Gasteiger partial charge on any atom is 0.0877 e. The fourth-order valence-corrected chi connectivity index (χ4v) is 1.97. The standard InChI is InChI=1S/C10H20O3/c1-7(6-11)8-3-4-10(2,13)9(12)5-8/h7-9,11-13H,3-6H2,1-2H3/t7-,8-,9+,10+/m1/s1. The van der Waals surface area contributed by atoms with Gasteiger partial charge in [0.25, 0.3) is 0 Å². The monoisotopic (exact) mass is 188 g/mol. The summed E-state index contributed by atoms with van der Waals surface area (Å²) in [4.78, 5) is 0. The normalized spacial score (nSPS) is 43.2. The zero-order chi connectivity index (χ0) is 10.1. The number of hydrogen-bond donors (Lipinski definition) is 3. The summed E-state index contributed by atoms with van der Waals surface area (Å²) in [6.07, 6.45) is 1.49. The quantitative estimate of drug-likeness (QED) is 0.592. The molecule has 0 amide bonds.